The van der Waals surface area contributed by atoms with Crippen LogP contribution in [0.5, 0.6) is 0 Å². The first-order chi connectivity index (χ1) is 9.56. The van der Waals surface area contributed by atoms with E-state index in [4.69, 9.17) is 5.84 Å². The molecular formula is C14H22IN2O3S+. The van der Waals surface area contributed by atoms with Gasteiger partial charge in [-0.15, -0.1) is 0 Å². The van der Waals surface area contributed by atoms with Crippen molar-refractivity contribution >= 4 is 38.4 Å². The average Bonchev–Trinajstić information content (AvgIpc) is 2.24. The Hall–Kier alpha value is -0.220. The molecule has 21 heavy (non-hydrogen) atoms. The Kier molecular flexibility index (Phi) is 4.71. The van der Waals surface area contributed by atoms with Crippen LogP contribution in [0, 0.1) is 20.8 Å². The summed E-state index contributed by atoms with van der Waals surface area (Å²) >= 11 is 2.40. The van der Waals surface area contributed by atoms with Crippen LogP contribution in [-0.4, -0.2) is 30.0 Å². The van der Waals surface area contributed by atoms with Crippen LogP contribution in [0.1, 0.15) is 29.5 Å². The molecule has 0 bridgehead atoms. The predicted octanol–water partition coefficient (Wildman–Crippen LogP) is 2.64. The van der Waals surface area contributed by atoms with Crippen LogP contribution >= 0.6 is 22.6 Å². The fraction of sp³-hybridized carbons (Fsp3) is 0.571. The molecule has 5 nitrogen and oxygen atoms in total. The van der Waals surface area contributed by atoms with Crippen LogP contribution in [0.4, 0.5) is 5.69 Å². The minimum absolute atomic E-state index is 0.00151. The van der Waals surface area contributed by atoms with Crippen molar-refractivity contribution in [2.75, 3.05) is 13.1 Å². The summed E-state index contributed by atoms with van der Waals surface area (Å²) < 4.78 is 33.6. The van der Waals surface area contributed by atoms with Crippen LogP contribution < -0.4 is 10.4 Å². The number of alkyl halides is 1. The zero-order chi connectivity index (χ0) is 16.0. The maximum Gasteiger partial charge on any atom is 0.295 e. The van der Waals surface area contributed by atoms with E-state index in [0.717, 1.165) is 37.2 Å². The number of aryl methyl sites for hydroxylation is 2. The van der Waals surface area contributed by atoms with Crippen LogP contribution in [0.25, 0.3) is 0 Å². The minimum atomic E-state index is -4.25. The molecule has 0 aromatic heterocycles. The summed E-state index contributed by atoms with van der Waals surface area (Å²) in [6.07, 6.45) is 2.14. The molecule has 2 rings (SSSR count). The van der Waals surface area contributed by atoms with E-state index in [-0.39, 0.29) is 9.49 Å². The van der Waals surface area contributed by atoms with E-state index in [1.807, 2.05) is 6.92 Å². The maximum atomic E-state index is 11.7. The summed E-state index contributed by atoms with van der Waals surface area (Å²) in [4.78, 5) is 0.00151. The monoisotopic (exact) mass is 425 g/mol. The first-order valence-corrected chi connectivity index (χ1v) is 9.63. The highest BCUT2D eigenvalue weighted by molar-refractivity contribution is 14.1. The molecular weight excluding hydrogens is 403 g/mol. The standard InChI is InChI=1S/C14H21IN2O3S/c1-9-7-10(2)14(21(18,19)20)11(3)13(9)17(16)6-4-5-12(15)8-17/h7,12H,4-6,8,16H2,1-3H3/p+1. The number of hydrogen-bond donors (Lipinski definition) is 2. The number of rotatable bonds is 2. The van der Waals surface area contributed by atoms with Gasteiger partial charge in [-0.05, 0) is 45.2 Å². The van der Waals surface area contributed by atoms with Gasteiger partial charge in [0.25, 0.3) is 10.1 Å². The molecule has 0 radical (unpaired) electrons. The molecule has 0 saturated carbocycles. The third-order valence-electron chi connectivity index (χ3n) is 4.16. The van der Waals surface area contributed by atoms with Gasteiger partial charge in [-0.1, -0.05) is 22.6 Å². The second kappa shape index (κ2) is 5.77. The van der Waals surface area contributed by atoms with E-state index in [9.17, 15) is 13.0 Å². The Morgan fingerprint density at radius 2 is 1.95 bits per heavy atom. The molecule has 7 heteroatoms. The lowest BCUT2D eigenvalue weighted by Gasteiger charge is -2.39. The predicted molar refractivity (Wildman–Crippen MR) is 93.2 cm³/mol. The van der Waals surface area contributed by atoms with Gasteiger partial charge in [0.1, 0.15) is 18.0 Å². The molecule has 3 N–H and O–H groups in total. The molecule has 1 heterocycles. The second-order valence-corrected chi connectivity index (χ2v) is 9.09. The van der Waals surface area contributed by atoms with Gasteiger partial charge in [-0.25, -0.2) is 4.59 Å². The molecule has 1 saturated heterocycles. The van der Waals surface area contributed by atoms with E-state index in [2.05, 4.69) is 22.6 Å². The third kappa shape index (κ3) is 3.26. The van der Waals surface area contributed by atoms with Gasteiger partial charge in [0.05, 0.1) is 3.92 Å². The highest BCUT2D eigenvalue weighted by Gasteiger charge is 2.38. The SMILES string of the molecule is Cc1cc(C)c(S(=O)(=O)O)c(C)c1[N+]1(N)CCCC(I)C1. The van der Waals surface area contributed by atoms with E-state index >= 15 is 0 Å². The number of quaternary nitrogens is 1. The topological polar surface area (TPSA) is 80.4 Å². The smallest absolute Gasteiger partial charge is 0.282 e. The third-order valence-corrected chi connectivity index (χ3v) is 6.32. The number of nitrogens with zero attached hydrogens (tertiary/aromatic N) is 1. The number of nitrogens with two attached hydrogens (primary N) is 1. The average molecular weight is 425 g/mol. The first-order valence-electron chi connectivity index (χ1n) is 6.95. The van der Waals surface area contributed by atoms with Crippen molar-refractivity contribution in [2.24, 2.45) is 5.84 Å². The van der Waals surface area contributed by atoms with Crippen molar-refractivity contribution in [1.82, 2.24) is 4.59 Å². The van der Waals surface area contributed by atoms with E-state index in [1.54, 1.807) is 19.9 Å². The Labute approximate surface area is 140 Å². The number of benzene rings is 1. The Morgan fingerprint density at radius 3 is 2.48 bits per heavy atom. The molecule has 0 spiro atoms. The zero-order valence-electron chi connectivity index (χ0n) is 12.6. The summed E-state index contributed by atoms with van der Waals surface area (Å²) in [6, 6.07) is 1.80. The molecule has 1 aliphatic heterocycles. The van der Waals surface area contributed by atoms with Gasteiger partial charge in [0.2, 0.25) is 0 Å². The normalized spacial score (nSPS) is 26.9. The van der Waals surface area contributed by atoms with E-state index in [1.165, 1.54) is 0 Å². The van der Waals surface area contributed by atoms with Gasteiger partial charge < -0.3 is 0 Å². The Morgan fingerprint density at radius 1 is 1.33 bits per heavy atom. The molecule has 1 aromatic carbocycles. The fourth-order valence-electron chi connectivity index (χ4n) is 3.57. The number of halogens is 1. The zero-order valence-corrected chi connectivity index (χ0v) is 15.5. The highest BCUT2D eigenvalue weighted by Crippen LogP contribution is 2.37. The molecule has 1 fully saturated rings. The van der Waals surface area contributed by atoms with Crippen molar-refractivity contribution in [2.45, 2.75) is 42.4 Å². The highest BCUT2D eigenvalue weighted by atomic mass is 127. The molecule has 2 atom stereocenters. The lowest BCUT2D eigenvalue weighted by atomic mass is 10.0. The van der Waals surface area contributed by atoms with Crippen LogP contribution in [0.3, 0.4) is 0 Å². The molecule has 118 valence electrons. The molecule has 2 unspecified atom stereocenters. The van der Waals surface area contributed by atoms with Crippen molar-refractivity contribution < 1.29 is 13.0 Å². The summed E-state index contributed by atoms with van der Waals surface area (Å²) in [5.74, 6) is 6.59. The lowest BCUT2D eigenvalue weighted by Crippen LogP contribution is -2.62. The van der Waals surface area contributed by atoms with E-state index < -0.39 is 10.1 Å². The molecule has 0 aliphatic carbocycles. The summed E-state index contributed by atoms with van der Waals surface area (Å²) in [7, 11) is -4.25. The second-order valence-electron chi connectivity index (χ2n) is 5.97. The molecule has 0 amide bonds. The van der Waals surface area contributed by atoms with E-state index in [0.29, 0.717) is 15.1 Å². The summed E-state index contributed by atoms with van der Waals surface area (Å²) in [5.41, 5.74) is 2.94. The van der Waals surface area contributed by atoms with Gasteiger partial charge in [-0.2, -0.15) is 14.3 Å². The van der Waals surface area contributed by atoms with Crippen molar-refractivity contribution in [1.29, 1.82) is 0 Å². The summed E-state index contributed by atoms with van der Waals surface area (Å²) in [6.45, 7) is 6.95. The Bertz CT molecular complexity index is 675. The quantitative estimate of drug-likeness (QED) is 0.251. The van der Waals surface area contributed by atoms with Gasteiger partial charge in [-0.3, -0.25) is 4.55 Å². The molecule has 1 aromatic rings. The largest absolute Gasteiger partial charge is 0.295 e. The van der Waals surface area contributed by atoms with Crippen molar-refractivity contribution in [3.8, 4) is 0 Å². The van der Waals surface area contributed by atoms with Crippen molar-refractivity contribution in [3.05, 3.63) is 22.8 Å². The number of hydrogen-bond acceptors (Lipinski definition) is 3. The minimum Gasteiger partial charge on any atom is -0.282 e. The van der Waals surface area contributed by atoms with Gasteiger partial charge >= 0.3 is 0 Å². The lowest BCUT2D eigenvalue weighted by molar-refractivity contribution is 0.241. The summed E-state index contributed by atoms with van der Waals surface area (Å²) in [5, 5.41) is 0. The maximum absolute atomic E-state index is 11.7. The van der Waals surface area contributed by atoms with Gasteiger partial charge in [0.15, 0.2) is 5.69 Å². The van der Waals surface area contributed by atoms with Gasteiger partial charge in [0, 0.05) is 11.1 Å². The van der Waals surface area contributed by atoms with Crippen LogP contribution in [0.2, 0.25) is 0 Å². The molecule has 1 aliphatic rings. The van der Waals surface area contributed by atoms with Crippen LogP contribution in [-0.2, 0) is 10.1 Å². The number of piperidine rings is 1. The van der Waals surface area contributed by atoms with Crippen LogP contribution in [0.15, 0.2) is 11.0 Å². The fourth-order valence-corrected chi connectivity index (χ4v) is 5.67. The Balaban J connectivity index is 2.70. The van der Waals surface area contributed by atoms with Crippen molar-refractivity contribution in [3.63, 3.8) is 0 Å². The first kappa shape index (κ1) is 17.1.